The molecule has 0 spiro atoms. The quantitative estimate of drug-likeness (QED) is 0.458. The Morgan fingerprint density at radius 2 is 1.62 bits per heavy atom. The summed E-state index contributed by atoms with van der Waals surface area (Å²) in [6, 6.07) is 3.90. The number of carbonyl (C=O) groups is 2. The second kappa shape index (κ2) is 9.01. The fraction of sp³-hybridized carbons (Fsp3) is 0.176. The molecule has 12 heteroatoms. The zero-order valence-corrected chi connectivity index (χ0v) is 15.7. The van der Waals surface area contributed by atoms with Crippen molar-refractivity contribution in [2.75, 3.05) is 18.4 Å². The number of benzene rings is 2. The van der Waals surface area contributed by atoms with E-state index in [9.17, 15) is 35.6 Å². The first kappa shape index (κ1) is 22.3. The summed E-state index contributed by atoms with van der Waals surface area (Å²) in [5.41, 5.74) is -1.30. The summed E-state index contributed by atoms with van der Waals surface area (Å²) in [4.78, 5) is 23.5. The van der Waals surface area contributed by atoms with Crippen molar-refractivity contribution in [3.05, 3.63) is 59.2 Å². The van der Waals surface area contributed by atoms with Crippen molar-refractivity contribution in [2.24, 2.45) is 0 Å². The molecule has 3 N–H and O–H groups in total. The van der Waals surface area contributed by atoms with Crippen molar-refractivity contribution < 1.29 is 35.6 Å². The summed E-state index contributed by atoms with van der Waals surface area (Å²) in [5.74, 6) is -8.02. The van der Waals surface area contributed by atoms with E-state index in [4.69, 9.17) is 0 Å². The third-order valence-corrected chi connectivity index (χ3v) is 5.09. The average molecular weight is 433 g/mol. The third-order valence-electron chi connectivity index (χ3n) is 3.55. The van der Waals surface area contributed by atoms with Gasteiger partial charge in [0.1, 0.15) is 5.82 Å². The maximum absolute atomic E-state index is 13.9. The van der Waals surface area contributed by atoms with Gasteiger partial charge in [-0.3, -0.25) is 9.59 Å². The van der Waals surface area contributed by atoms with E-state index < -0.39 is 62.9 Å². The van der Waals surface area contributed by atoms with Crippen molar-refractivity contribution in [3.8, 4) is 0 Å². The lowest BCUT2D eigenvalue weighted by molar-refractivity contribution is -0.115. The normalized spacial score (nSPS) is 11.2. The SMILES string of the molecule is CCNS(=O)(=O)c1ccc(F)c(C(=O)NCC(=O)Nc2ccc(F)c(F)c2F)c1. The van der Waals surface area contributed by atoms with Gasteiger partial charge in [0, 0.05) is 6.54 Å². The minimum atomic E-state index is -3.95. The number of sulfonamides is 1. The van der Waals surface area contributed by atoms with Gasteiger partial charge < -0.3 is 10.6 Å². The Kier molecular flexibility index (Phi) is 6.93. The Hall–Kier alpha value is -2.99. The number of hydrogen-bond acceptors (Lipinski definition) is 4. The van der Waals surface area contributed by atoms with Crippen molar-refractivity contribution >= 4 is 27.5 Å². The molecule has 0 atom stereocenters. The molecule has 29 heavy (non-hydrogen) atoms. The number of carbonyl (C=O) groups excluding carboxylic acids is 2. The summed E-state index contributed by atoms with van der Waals surface area (Å²) in [5, 5.41) is 3.94. The fourth-order valence-electron chi connectivity index (χ4n) is 2.19. The molecule has 2 rings (SSSR count). The lowest BCUT2D eigenvalue weighted by Crippen LogP contribution is -2.33. The molecule has 0 heterocycles. The van der Waals surface area contributed by atoms with Gasteiger partial charge in [-0.15, -0.1) is 0 Å². The van der Waals surface area contributed by atoms with Crippen molar-refractivity contribution in [2.45, 2.75) is 11.8 Å². The fourth-order valence-corrected chi connectivity index (χ4v) is 3.26. The van der Waals surface area contributed by atoms with Crippen LogP contribution in [0.1, 0.15) is 17.3 Å². The summed E-state index contributed by atoms with van der Waals surface area (Å²) >= 11 is 0. The topological polar surface area (TPSA) is 104 Å². The Labute approximate surface area is 163 Å². The van der Waals surface area contributed by atoms with Gasteiger partial charge in [0.05, 0.1) is 22.7 Å². The number of halogens is 4. The van der Waals surface area contributed by atoms with Gasteiger partial charge in [-0.1, -0.05) is 6.92 Å². The van der Waals surface area contributed by atoms with Crippen LogP contribution in [0.3, 0.4) is 0 Å². The molecule has 2 amide bonds. The Bertz CT molecular complexity index is 1060. The average Bonchev–Trinajstić information content (AvgIpc) is 2.66. The molecule has 2 aromatic carbocycles. The highest BCUT2D eigenvalue weighted by molar-refractivity contribution is 7.89. The maximum Gasteiger partial charge on any atom is 0.254 e. The molecule has 0 bridgehead atoms. The van der Waals surface area contributed by atoms with E-state index in [0.717, 1.165) is 24.3 Å². The van der Waals surface area contributed by atoms with Gasteiger partial charge in [0.15, 0.2) is 17.5 Å². The minimum absolute atomic E-state index is 0.0714. The molecule has 0 aliphatic rings. The monoisotopic (exact) mass is 433 g/mol. The molecule has 0 aliphatic carbocycles. The molecule has 0 saturated carbocycles. The molecule has 156 valence electrons. The second-order valence-corrected chi connectivity index (χ2v) is 7.36. The zero-order valence-electron chi connectivity index (χ0n) is 14.9. The predicted octanol–water partition coefficient (Wildman–Crippen LogP) is 1.91. The Morgan fingerprint density at radius 1 is 0.966 bits per heavy atom. The molecule has 0 saturated heterocycles. The molecule has 0 aliphatic heterocycles. The standard InChI is InChI=1S/C17H15F4N3O4S/c1-2-23-29(27,28)9-3-4-11(18)10(7-9)17(26)22-8-14(25)24-13-6-5-12(19)15(20)16(13)21/h3-7,23H,2,8H2,1H3,(H,22,26)(H,24,25). The largest absolute Gasteiger partial charge is 0.343 e. The second-order valence-electron chi connectivity index (χ2n) is 5.60. The van der Waals surface area contributed by atoms with Crippen LogP contribution in [0.5, 0.6) is 0 Å². The van der Waals surface area contributed by atoms with Crippen molar-refractivity contribution in [3.63, 3.8) is 0 Å². The third kappa shape index (κ3) is 5.29. The first-order valence-corrected chi connectivity index (χ1v) is 9.56. The van der Waals surface area contributed by atoms with E-state index >= 15 is 0 Å². The van der Waals surface area contributed by atoms with Crippen LogP contribution < -0.4 is 15.4 Å². The van der Waals surface area contributed by atoms with Gasteiger partial charge in [-0.05, 0) is 30.3 Å². The lowest BCUT2D eigenvalue weighted by Gasteiger charge is -2.10. The molecule has 0 radical (unpaired) electrons. The van der Waals surface area contributed by atoms with E-state index in [1.54, 1.807) is 0 Å². The number of amides is 2. The van der Waals surface area contributed by atoms with E-state index in [1.807, 2.05) is 10.6 Å². The molecule has 2 aromatic rings. The number of anilines is 1. The van der Waals surface area contributed by atoms with E-state index in [0.29, 0.717) is 6.07 Å². The van der Waals surface area contributed by atoms with E-state index in [1.165, 1.54) is 6.92 Å². The van der Waals surface area contributed by atoms with Crippen LogP contribution in [0.4, 0.5) is 23.2 Å². The van der Waals surface area contributed by atoms with Gasteiger partial charge in [-0.25, -0.2) is 30.7 Å². The van der Waals surface area contributed by atoms with Gasteiger partial charge in [0.25, 0.3) is 5.91 Å². The summed E-state index contributed by atoms with van der Waals surface area (Å²) < 4.78 is 79.5. The molecular formula is C17H15F4N3O4S. The predicted molar refractivity (Wildman–Crippen MR) is 94.5 cm³/mol. The Morgan fingerprint density at radius 3 is 2.28 bits per heavy atom. The smallest absolute Gasteiger partial charge is 0.254 e. The lowest BCUT2D eigenvalue weighted by atomic mass is 10.2. The van der Waals surface area contributed by atoms with Gasteiger partial charge in [0.2, 0.25) is 15.9 Å². The molecule has 7 nitrogen and oxygen atoms in total. The number of hydrogen-bond donors (Lipinski definition) is 3. The highest BCUT2D eigenvalue weighted by Gasteiger charge is 2.20. The summed E-state index contributed by atoms with van der Waals surface area (Å²) in [7, 11) is -3.95. The Balaban J connectivity index is 2.09. The first-order chi connectivity index (χ1) is 13.6. The number of rotatable bonds is 7. The zero-order chi connectivity index (χ0) is 21.8. The van der Waals surface area contributed by atoms with Crippen molar-refractivity contribution in [1.29, 1.82) is 0 Å². The van der Waals surface area contributed by atoms with Gasteiger partial charge >= 0.3 is 0 Å². The van der Waals surface area contributed by atoms with Crippen LogP contribution in [-0.4, -0.2) is 33.3 Å². The van der Waals surface area contributed by atoms with Crippen LogP contribution in [0.2, 0.25) is 0 Å². The van der Waals surface area contributed by atoms with Crippen LogP contribution in [0, 0.1) is 23.3 Å². The number of nitrogens with one attached hydrogen (secondary N) is 3. The minimum Gasteiger partial charge on any atom is -0.343 e. The highest BCUT2D eigenvalue weighted by Crippen LogP contribution is 2.19. The molecule has 0 aromatic heterocycles. The molecule has 0 unspecified atom stereocenters. The maximum atomic E-state index is 13.9. The van der Waals surface area contributed by atoms with Gasteiger partial charge in [-0.2, -0.15) is 0 Å². The van der Waals surface area contributed by atoms with E-state index in [-0.39, 0.29) is 11.4 Å². The van der Waals surface area contributed by atoms with E-state index in [2.05, 4.69) is 4.72 Å². The van der Waals surface area contributed by atoms with Crippen LogP contribution in [0.25, 0.3) is 0 Å². The van der Waals surface area contributed by atoms with Crippen LogP contribution in [0.15, 0.2) is 35.2 Å². The summed E-state index contributed by atoms with van der Waals surface area (Å²) in [6.07, 6.45) is 0. The molecular weight excluding hydrogens is 418 g/mol. The van der Waals surface area contributed by atoms with Crippen molar-refractivity contribution in [1.82, 2.24) is 10.0 Å². The summed E-state index contributed by atoms with van der Waals surface area (Å²) in [6.45, 7) is 0.825. The van der Waals surface area contributed by atoms with Crippen LogP contribution in [-0.2, 0) is 14.8 Å². The highest BCUT2D eigenvalue weighted by atomic mass is 32.2. The molecule has 0 fully saturated rings. The first-order valence-electron chi connectivity index (χ1n) is 8.07. The van der Waals surface area contributed by atoms with Crippen LogP contribution >= 0.6 is 0 Å².